The number of aliphatic hydroxyl groups excluding tert-OH is 1. The number of rotatable bonds is 9. The van der Waals surface area contributed by atoms with Gasteiger partial charge in [0.25, 0.3) is 5.56 Å². The zero-order valence-corrected chi connectivity index (χ0v) is 18.6. The van der Waals surface area contributed by atoms with Gasteiger partial charge in [-0.05, 0) is 49.5 Å². The summed E-state index contributed by atoms with van der Waals surface area (Å²) in [6, 6.07) is 10.1. The molecule has 1 aromatic carbocycles. The molecule has 4 rings (SSSR count). The van der Waals surface area contributed by atoms with E-state index in [-0.39, 0.29) is 24.2 Å². The molecule has 0 aliphatic carbocycles. The lowest BCUT2D eigenvalue weighted by Crippen LogP contribution is -2.27. The SMILES string of the molecule is CCCC(CO)Nc1nc(N)nc2ccn(Cc3ccc(CN4CCCC4)cc3)c(=O)c12. The Morgan fingerprint density at radius 1 is 1.09 bits per heavy atom. The highest BCUT2D eigenvalue weighted by Gasteiger charge is 2.16. The van der Waals surface area contributed by atoms with E-state index in [9.17, 15) is 9.90 Å². The van der Waals surface area contributed by atoms with Crippen LogP contribution < -0.4 is 16.6 Å². The van der Waals surface area contributed by atoms with E-state index in [2.05, 4.69) is 44.5 Å². The third kappa shape index (κ3) is 5.08. The summed E-state index contributed by atoms with van der Waals surface area (Å²) < 4.78 is 1.66. The molecule has 3 aromatic rings. The Bertz CT molecular complexity index is 1110. The van der Waals surface area contributed by atoms with Crippen molar-refractivity contribution in [3.05, 3.63) is 58.0 Å². The summed E-state index contributed by atoms with van der Waals surface area (Å²) in [7, 11) is 0. The monoisotopic (exact) mass is 436 g/mol. The van der Waals surface area contributed by atoms with Gasteiger partial charge in [-0.3, -0.25) is 9.69 Å². The Labute approximate surface area is 188 Å². The quantitative estimate of drug-likeness (QED) is 0.473. The van der Waals surface area contributed by atoms with Crippen LogP contribution in [0.2, 0.25) is 0 Å². The van der Waals surface area contributed by atoms with Gasteiger partial charge in [0.05, 0.1) is 24.7 Å². The van der Waals surface area contributed by atoms with E-state index in [1.54, 1.807) is 16.8 Å². The van der Waals surface area contributed by atoms with Crippen LogP contribution in [0.3, 0.4) is 0 Å². The van der Waals surface area contributed by atoms with Crippen molar-refractivity contribution in [1.29, 1.82) is 0 Å². The zero-order chi connectivity index (χ0) is 22.5. The molecule has 3 heterocycles. The van der Waals surface area contributed by atoms with Crippen molar-refractivity contribution in [1.82, 2.24) is 19.4 Å². The van der Waals surface area contributed by atoms with Crippen LogP contribution in [0, 0.1) is 0 Å². The number of aliphatic hydroxyl groups is 1. The molecule has 32 heavy (non-hydrogen) atoms. The van der Waals surface area contributed by atoms with Crippen LogP contribution in [0.15, 0.2) is 41.3 Å². The van der Waals surface area contributed by atoms with E-state index in [0.29, 0.717) is 23.3 Å². The molecule has 0 spiro atoms. The van der Waals surface area contributed by atoms with Crippen molar-refractivity contribution in [3.63, 3.8) is 0 Å². The summed E-state index contributed by atoms with van der Waals surface area (Å²) in [4.78, 5) is 24.3. The van der Waals surface area contributed by atoms with Crippen LogP contribution in [0.25, 0.3) is 10.9 Å². The molecular weight excluding hydrogens is 404 g/mol. The molecule has 8 nitrogen and oxygen atoms in total. The van der Waals surface area contributed by atoms with Gasteiger partial charge < -0.3 is 20.7 Å². The lowest BCUT2D eigenvalue weighted by molar-refractivity contribution is 0.268. The highest BCUT2D eigenvalue weighted by Crippen LogP contribution is 2.20. The maximum Gasteiger partial charge on any atom is 0.264 e. The second-order valence-electron chi connectivity index (χ2n) is 8.55. The van der Waals surface area contributed by atoms with Crippen LogP contribution in [0.4, 0.5) is 11.8 Å². The first-order valence-corrected chi connectivity index (χ1v) is 11.4. The number of hydrogen-bond donors (Lipinski definition) is 3. The lowest BCUT2D eigenvalue weighted by atomic mass is 10.1. The number of benzene rings is 1. The van der Waals surface area contributed by atoms with E-state index in [1.807, 2.05) is 6.92 Å². The fourth-order valence-electron chi connectivity index (χ4n) is 4.32. The maximum atomic E-state index is 13.3. The summed E-state index contributed by atoms with van der Waals surface area (Å²) in [5.74, 6) is 0.472. The number of anilines is 2. The van der Waals surface area contributed by atoms with Gasteiger partial charge in [0, 0.05) is 12.7 Å². The molecule has 170 valence electrons. The van der Waals surface area contributed by atoms with Crippen molar-refractivity contribution >= 4 is 22.7 Å². The molecule has 0 saturated carbocycles. The minimum atomic E-state index is -0.200. The van der Waals surface area contributed by atoms with E-state index in [1.165, 1.54) is 31.5 Å². The van der Waals surface area contributed by atoms with Crippen molar-refractivity contribution in [3.8, 4) is 0 Å². The van der Waals surface area contributed by atoms with Crippen molar-refractivity contribution in [2.24, 2.45) is 0 Å². The van der Waals surface area contributed by atoms with Gasteiger partial charge in [0.15, 0.2) is 0 Å². The molecule has 1 aliphatic heterocycles. The lowest BCUT2D eigenvalue weighted by Gasteiger charge is -2.18. The van der Waals surface area contributed by atoms with Crippen LogP contribution in [0.1, 0.15) is 43.7 Å². The third-order valence-electron chi connectivity index (χ3n) is 6.02. The van der Waals surface area contributed by atoms with E-state index in [0.717, 1.165) is 24.9 Å². The molecule has 1 atom stereocenters. The molecule has 1 aliphatic rings. The molecule has 0 radical (unpaired) electrons. The molecule has 2 aromatic heterocycles. The van der Waals surface area contributed by atoms with Crippen molar-refractivity contribution in [2.45, 2.75) is 51.7 Å². The molecule has 0 bridgehead atoms. The summed E-state index contributed by atoms with van der Waals surface area (Å²) in [6.07, 6.45) is 5.97. The van der Waals surface area contributed by atoms with Gasteiger partial charge in [-0.1, -0.05) is 37.6 Å². The predicted octanol–water partition coefficient (Wildman–Crippen LogP) is 2.59. The zero-order valence-electron chi connectivity index (χ0n) is 18.6. The van der Waals surface area contributed by atoms with E-state index >= 15 is 0 Å². The average Bonchev–Trinajstić information content (AvgIpc) is 3.29. The Hall–Kier alpha value is -2.97. The molecule has 0 amide bonds. The summed E-state index contributed by atoms with van der Waals surface area (Å²) in [5.41, 5.74) is 8.53. The number of nitrogens with zero attached hydrogens (tertiary/aromatic N) is 4. The summed E-state index contributed by atoms with van der Waals surface area (Å²) >= 11 is 0. The van der Waals surface area contributed by atoms with Gasteiger partial charge >= 0.3 is 0 Å². The maximum absolute atomic E-state index is 13.3. The first-order valence-electron chi connectivity index (χ1n) is 11.4. The highest BCUT2D eigenvalue weighted by atomic mass is 16.3. The van der Waals surface area contributed by atoms with Crippen molar-refractivity contribution < 1.29 is 5.11 Å². The Morgan fingerprint density at radius 3 is 2.44 bits per heavy atom. The molecular formula is C24H32N6O2. The largest absolute Gasteiger partial charge is 0.394 e. The number of nitrogens with two attached hydrogens (primary N) is 1. The summed E-state index contributed by atoms with van der Waals surface area (Å²) in [5, 5.41) is 13.2. The Kier molecular flexibility index (Phi) is 7.02. The number of fused-ring (bicyclic) bond motifs is 1. The standard InChI is InChI=1S/C24H32N6O2/c1-2-5-19(16-31)26-22-21-20(27-24(25)28-22)10-13-30(23(21)32)15-18-8-6-17(7-9-18)14-29-11-3-4-12-29/h6-10,13,19,31H,2-5,11-12,14-16H2,1H3,(H3,25,26,27,28). The minimum absolute atomic E-state index is 0.0515. The fourth-order valence-corrected chi connectivity index (χ4v) is 4.32. The first-order chi connectivity index (χ1) is 15.6. The smallest absolute Gasteiger partial charge is 0.264 e. The Balaban J connectivity index is 1.59. The first kappa shape index (κ1) is 22.2. The fraction of sp³-hybridized carbons (Fsp3) is 0.458. The number of hydrogen-bond acceptors (Lipinski definition) is 7. The van der Waals surface area contributed by atoms with Crippen LogP contribution in [-0.2, 0) is 13.1 Å². The number of nitrogen functional groups attached to an aromatic ring is 1. The number of likely N-dealkylation sites (tertiary alicyclic amines) is 1. The predicted molar refractivity (Wildman–Crippen MR) is 128 cm³/mol. The second-order valence-corrected chi connectivity index (χ2v) is 8.55. The average molecular weight is 437 g/mol. The van der Waals surface area contributed by atoms with Crippen LogP contribution in [-0.4, -0.2) is 50.3 Å². The molecule has 1 saturated heterocycles. The van der Waals surface area contributed by atoms with Gasteiger partial charge in [-0.15, -0.1) is 0 Å². The third-order valence-corrected chi connectivity index (χ3v) is 6.02. The topological polar surface area (TPSA) is 109 Å². The second kappa shape index (κ2) is 10.1. The molecule has 1 fully saturated rings. The van der Waals surface area contributed by atoms with E-state index < -0.39 is 0 Å². The van der Waals surface area contributed by atoms with Crippen molar-refractivity contribution in [2.75, 3.05) is 30.7 Å². The molecule has 8 heteroatoms. The number of pyridine rings is 1. The van der Waals surface area contributed by atoms with Crippen LogP contribution >= 0.6 is 0 Å². The highest BCUT2D eigenvalue weighted by molar-refractivity contribution is 5.89. The number of nitrogens with one attached hydrogen (secondary N) is 1. The van der Waals surface area contributed by atoms with Gasteiger partial charge in [-0.25, -0.2) is 4.98 Å². The summed E-state index contributed by atoms with van der Waals surface area (Å²) in [6.45, 7) is 5.78. The molecule has 4 N–H and O–H groups in total. The van der Waals surface area contributed by atoms with Gasteiger partial charge in [0.1, 0.15) is 11.2 Å². The van der Waals surface area contributed by atoms with E-state index in [4.69, 9.17) is 5.73 Å². The minimum Gasteiger partial charge on any atom is -0.394 e. The number of aromatic nitrogens is 3. The molecule has 1 unspecified atom stereocenters. The normalized spacial score (nSPS) is 15.3. The van der Waals surface area contributed by atoms with Gasteiger partial charge in [0.2, 0.25) is 5.95 Å². The van der Waals surface area contributed by atoms with Crippen LogP contribution in [0.5, 0.6) is 0 Å². The van der Waals surface area contributed by atoms with Gasteiger partial charge in [-0.2, -0.15) is 4.98 Å². The Morgan fingerprint density at radius 2 is 1.78 bits per heavy atom.